The number of Topliss-reactive ketones (excluding diaryl/α,β-unsaturated/α-hetero) is 1. The molecule has 144 valence electrons. The van der Waals surface area contributed by atoms with Crippen molar-refractivity contribution >= 4 is 23.6 Å². The SMILES string of the molecule is CCCC/C(=C\c1ccc(C#N)cc1)C(=O)c1ccccc1NC(=O)OCC. The Morgan fingerprint density at radius 3 is 2.46 bits per heavy atom. The van der Waals surface area contributed by atoms with Gasteiger partial charge in [0.1, 0.15) is 0 Å². The molecule has 0 radical (unpaired) electrons. The number of nitrogens with one attached hydrogen (secondary N) is 1. The lowest BCUT2D eigenvalue weighted by molar-refractivity contribution is 0.103. The summed E-state index contributed by atoms with van der Waals surface area (Å²) in [6.45, 7) is 4.04. The maximum atomic E-state index is 13.2. The molecule has 2 aromatic carbocycles. The highest BCUT2D eigenvalue weighted by Crippen LogP contribution is 2.24. The van der Waals surface area contributed by atoms with Crippen LogP contribution in [-0.2, 0) is 4.74 Å². The van der Waals surface area contributed by atoms with Gasteiger partial charge >= 0.3 is 6.09 Å². The Hall–Kier alpha value is -3.39. The molecule has 0 unspecified atom stereocenters. The summed E-state index contributed by atoms with van der Waals surface area (Å²) in [5.74, 6) is -0.134. The third-order valence-electron chi connectivity index (χ3n) is 4.16. The zero-order valence-electron chi connectivity index (χ0n) is 16.2. The van der Waals surface area contributed by atoms with Gasteiger partial charge in [-0.05, 0) is 55.7 Å². The van der Waals surface area contributed by atoms with Crippen molar-refractivity contribution in [3.8, 4) is 6.07 Å². The number of rotatable bonds is 8. The number of ketones is 1. The summed E-state index contributed by atoms with van der Waals surface area (Å²) < 4.78 is 4.92. The molecular weight excluding hydrogens is 352 g/mol. The number of nitrogens with zero attached hydrogens (tertiary/aromatic N) is 1. The summed E-state index contributed by atoms with van der Waals surface area (Å²) in [7, 11) is 0. The fraction of sp³-hybridized carbons (Fsp3) is 0.261. The number of hydrogen-bond acceptors (Lipinski definition) is 4. The maximum Gasteiger partial charge on any atom is 0.411 e. The Balaban J connectivity index is 2.36. The van der Waals surface area contributed by atoms with Crippen molar-refractivity contribution in [2.45, 2.75) is 33.1 Å². The fourth-order valence-corrected chi connectivity index (χ4v) is 2.71. The highest BCUT2D eigenvalue weighted by molar-refractivity contribution is 6.15. The van der Waals surface area contributed by atoms with Gasteiger partial charge in [-0.15, -0.1) is 0 Å². The molecule has 0 saturated carbocycles. The van der Waals surface area contributed by atoms with Gasteiger partial charge in [0.2, 0.25) is 0 Å². The topological polar surface area (TPSA) is 79.2 Å². The van der Waals surface area contributed by atoms with E-state index in [0.29, 0.717) is 28.8 Å². The minimum atomic E-state index is -0.589. The summed E-state index contributed by atoms with van der Waals surface area (Å²) in [6.07, 6.45) is 3.72. The molecule has 0 saturated heterocycles. The summed E-state index contributed by atoms with van der Waals surface area (Å²) in [5.41, 5.74) is 2.93. The zero-order chi connectivity index (χ0) is 20.4. The van der Waals surface area contributed by atoms with Crippen molar-refractivity contribution in [3.63, 3.8) is 0 Å². The molecule has 0 aliphatic carbocycles. The van der Waals surface area contributed by atoms with Crippen LogP contribution in [0.25, 0.3) is 6.08 Å². The van der Waals surface area contributed by atoms with E-state index in [4.69, 9.17) is 10.00 Å². The van der Waals surface area contributed by atoms with E-state index in [1.165, 1.54) is 0 Å². The number of hydrogen-bond donors (Lipinski definition) is 1. The van der Waals surface area contributed by atoms with Gasteiger partial charge in [0, 0.05) is 11.1 Å². The molecule has 0 heterocycles. The van der Waals surface area contributed by atoms with Gasteiger partial charge in [-0.2, -0.15) is 5.26 Å². The average molecular weight is 376 g/mol. The van der Waals surface area contributed by atoms with E-state index >= 15 is 0 Å². The molecule has 28 heavy (non-hydrogen) atoms. The Morgan fingerprint density at radius 2 is 1.82 bits per heavy atom. The lowest BCUT2D eigenvalue weighted by Crippen LogP contribution is -2.16. The first-order valence-corrected chi connectivity index (χ1v) is 9.37. The summed E-state index contributed by atoms with van der Waals surface area (Å²) in [6, 6.07) is 16.1. The van der Waals surface area contributed by atoms with Gasteiger partial charge in [0.05, 0.1) is 23.9 Å². The second-order valence-electron chi connectivity index (χ2n) is 6.23. The van der Waals surface area contributed by atoms with Crippen LogP contribution in [0.4, 0.5) is 10.5 Å². The first-order chi connectivity index (χ1) is 13.6. The number of unbranched alkanes of at least 4 members (excludes halogenated alkanes) is 1. The average Bonchev–Trinajstić information content (AvgIpc) is 2.71. The smallest absolute Gasteiger partial charge is 0.411 e. The number of allylic oxidation sites excluding steroid dienone is 1. The molecule has 0 aliphatic rings. The highest BCUT2D eigenvalue weighted by Gasteiger charge is 2.17. The normalized spacial score (nSPS) is 10.8. The van der Waals surface area contributed by atoms with Gasteiger partial charge in [-0.1, -0.05) is 37.6 Å². The lowest BCUT2D eigenvalue weighted by atomic mass is 9.95. The number of carbonyl (C=O) groups is 2. The first-order valence-electron chi connectivity index (χ1n) is 9.37. The summed E-state index contributed by atoms with van der Waals surface area (Å²) >= 11 is 0. The second-order valence-corrected chi connectivity index (χ2v) is 6.23. The Morgan fingerprint density at radius 1 is 1.11 bits per heavy atom. The predicted octanol–water partition coefficient (Wildman–Crippen LogP) is 5.58. The Bertz CT molecular complexity index is 893. The lowest BCUT2D eigenvalue weighted by Gasteiger charge is -2.12. The molecule has 0 bridgehead atoms. The number of ether oxygens (including phenoxy) is 1. The van der Waals surface area contributed by atoms with Crippen molar-refractivity contribution in [2.24, 2.45) is 0 Å². The maximum absolute atomic E-state index is 13.2. The molecular formula is C23H24N2O3. The molecule has 0 atom stereocenters. The van der Waals surface area contributed by atoms with Gasteiger partial charge in [0.15, 0.2) is 5.78 Å². The van der Waals surface area contributed by atoms with Crippen LogP contribution >= 0.6 is 0 Å². The van der Waals surface area contributed by atoms with E-state index in [9.17, 15) is 9.59 Å². The summed E-state index contributed by atoms with van der Waals surface area (Å²) in [5, 5.41) is 11.6. The Kier molecular flexibility index (Phi) is 7.98. The molecule has 5 heteroatoms. The molecule has 2 aromatic rings. The molecule has 0 aromatic heterocycles. The molecule has 0 fully saturated rings. The quantitative estimate of drug-likeness (QED) is 0.481. The molecule has 5 nitrogen and oxygen atoms in total. The van der Waals surface area contributed by atoms with Crippen LogP contribution in [0.1, 0.15) is 54.6 Å². The number of nitriles is 1. The van der Waals surface area contributed by atoms with Crippen LogP contribution < -0.4 is 5.32 Å². The van der Waals surface area contributed by atoms with E-state index in [1.54, 1.807) is 43.3 Å². The fourth-order valence-electron chi connectivity index (χ4n) is 2.71. The van der Waals surface area contributed by atoms with Gasteiger partial charge < -0.3 is 4.74 Å². The number of benzene rings is 2. The van der Waals surface area contributed by atoms with Crippen LogP contribution in [-0.4, -0.2) is 18.5 Å². The largest absolute Gasteiger partial charge is 0.450 e. The number of para-hydroxylation sites is 1. The minimum Gasteiger partial charge on any atom is -0.450 e. The van der Waals surface area contributed by atoms with Crippen LogP contribution in [0.5, 0.6) is 0 Å². The van der Waals surface area contributed by atoms with E-state index in [-0.39, 0.29) is 12.4 Å². The number of amides is 1. The van der Waals surface area contributed by atoms with Crippen LogP contribution in [0.15, 0.2) is 54.1 Å². The molecule has 1 N–H and O–H groups in total. The van der Waals surface area contributed by atoms with E-state index in [0.717, 1.165) is 18.4 Å². The second kappa shape index (κ2) is 10.7. The summed E-state index contributed by atoms with van der Waals surface area (Å²) in [4.78, 5) is 25.0. The molecule has 0 spiro atoms. The van der Waals surface area contributed by atoms with E-state index in [2.05, 4.69) is 18.3 Å². The van der Waals surface area contributed by atoms with Crippen LogP contribution in [0, 0.1) is 11.3 Å². The Labute approximate surface area is 165 Å². The van der Waals surface area contributed by atoms with E-state index < -0.39 is 6.09 Å². The predicted molar refractivity (Wildman–Crippen MR) is 110 cm³/mol. The van der Waals surface area contributed by atoms with Gasteiger partial charge in [0.25, 0.3) is 0 Å². The monoisotopic (exact) mass is 376 g/mol. The van der Waals surface area contributed by atoms with Gasteiger partial charge in [-0.25, -0.2) is 4.79 Å². The molecule has 2 rings (SSSR count). The third-order valence-corrected chi connectivity index (χ3v) is 4.16. The van der Waals surface area contributed by atoms with Crippen molar-refractivity contribution in [1.29, 1.82) is 5.26 Å². The van der Waals surface area contributed by atoms with Crippen molar-refractivity contribution < 1.29 is 14.3 Å². The van der Waals surface area contributed by atoms with Crippen molar-refractivity contribution in [2.75, 3.05) is 11.9 Å². The standard InChI is InChI=1S/C23H24N2O3/c1-3-5-8-19(15-17-11-13-18(16-24)14-12-17)22(26)20-9-6-7-10-21(20)25-23(27)28-4-2/h6-7,9-15H,3-5,8H2,1-2H3,(H,25,27)/b19-15+. The number of carbonyl (C=O) groups excluding carboxylic acids is 2. The molecule has 0 aliphatic heterocycles. The molecule has 1 amide bonds. The third kappa shape index (κ3) is 5.82. The van der Waals surface area contributed by atoms with Crippen molar-refractivity contribution in [3.05, 3.63) is 70.8 Å². The zero-order valence-corrected chi connectivity index (χ0v) is 16.2. The van der Waals surface area contributed by atoms with Gasteiger partial charge in [-0.3, -0.25) is 10.1 Å². The van der Waals surface area contributed by atoms with Crippen molar-refractivity contribution in [1.82, 2.24) is 0 Å². The van der Waals surface area contributed by atoms with E-state index in [1.807, 2.05) is 18.2 Å². The highest BCUT2D eigenvalue weighted by atomic mass is 16.5. The number of anilines is 1. The minimum absolute atomic E-state index is 0.134. The van der Waals surface area contributed by atoms with Crippen LogP contribution in [0.2, 0.25) is 0 Å². The van der Waals surface area contributed by atoms with Crippen LogP contribution in [0.3, 0.4) is 0 Å². The first kappa shape index (κ1) is 20.9.